The Balaban J connectivity index is 2.64. The fourth-order valence-electron chi connectivity index (χ4n) is 2.05. The van der Waals surface area contributed by atoms with Gasteiger partial charge in [0.05, 0.1) is 12.7 Å². The van der Waals surface area contributed by atoms with Crippen LogP contribution in [0.5, 0.6) is 11.5 Å². The highest BCUT2D eigenvalue weighted by Crippen LogP contribution is 2.35. The molecule has 0 aliphatic heterocycles. The minimum absolute atomic E-state index is 0.137. The van der Waals surface area contributed by atoms with Crippen molar-refractivity contribution in [2.24, 2.45) is 0 Å². The molecule has 0 aliphatic carbocycles. The summed E-state index contributed by atoms with van der Waals surface area (Å²) in [4.78, 5) is 12.6. The Morgan fingerprint density at radius 1 is 1.12 bits per heavy atom. The minimum atomic E-state index is -5.94. The first-order chi connectivity index (χ1) is 12.1. The van der Waals surface area contributed by atoms with Crippen LogP contribution < -0.4 is 8.92 Å². The molecule has 0 atom stereocenters. The zero-order valence-electron chi connectivity index (χ0n) is 13.2. The van der Waals surface area contributed by atoms with E-state index < -0.39 is 27.2 Å². The molecule has 0 fully saturated rings. The van der Waals surface area contributed by atoms with Crippen LogP contribution in [0, 0.1) is 0 Å². The van der Waals surface area contributed by atoms with E-state index in [0.29, 0.717) is 5.56 Å². The largest absolute Gasteiger partial charge is 0.534 e. The third-order valence-corrected chi connectivity index (χ3v) is 4.86. The molecule has 2 aromatic carbocycles. The number of carbonyl (C=O) groups is 1. The van der Waals surface area contributed by atoms with E-state index in [2.05, 4.69) is 20.1 Å². The number of carbonyl (C=O) groups excluding carboxylic acids is 1. The quantitative estimate of drug-likeness (QED) is 0.286. The van der Waals surface area contributed by atoms with Crippen LogP contribution in [0.2, 0.25) is 0 Å². The molecule has 26 heavy (non-hydrogen) atoms. The van der Waals surface area contributed by atoms with Crippen LogP contribution in [0.25, 0.3) is 0 Å². The summed E-state index contributed by atoms with van der Waals surface area (Å²) in [6.07, 6.45) is 0. The summed E-state index contributed by atoms with van der Waals surface area (Å²) in [5.41, 5.74) is -5.54. The molecule has 0 aliphatic rings. The molecule has 0 spiro atoms. The van der Waals surface area contributed by atoms with E-state index >= 15 is 0 Å². The lowest BCUT2D eigenvalue weighted by Crippen LogP contribution is -2.28. The number of ketones is 1. The summed E-state index contributed by atoms with van der Waals surface area (Å²) >= 11 is 3.12. The van der Waals surface area contributed by atoms with Gasteiger partial charge in [0.1, 0.15) is 5.75 Å². The molecular formula is C16H12BrF3O5S. The van der Waals surface area contributed by atoms with E-state index in [1.165, 1.54) is 19.2 Å². The van der Waals surface area contributed by atoms with Crippen molar-refractivity contribution in [2.45, 2.75) is 10.8 Å². The van der Waals surface area contributed by atoms with Crippen LogP contribution in [0.1, 0.15) is 21.5 Å². The highest BCUT2D eigenvalue weighted by molar-refractivity contribution is 9.08. The molecule has 0 unspecified atom stereocenters. The monoisotopic (exact) mass is 452 g/mol. The number of hydrogen-bond acceptors (Lipinski definition) is 5. The van der Waals surface area contributed by atoms with E-state index in [4.69, 9.17) is 4.74 Å². The number of methoxy groups -OCH3 is 1. The summed E-state index contributed by atoms with van der Waals surface area (Å²) in [7, 11) is -4.63. The molecule has 0 amide bonds. The highest BCUT2D eigenvalue weighted by atomic mass is 79.9. The van der Waals surface area contributed by atoms with Gasteiger partial charge in [0.15, 0.2) is 11.5 Å². The van der Waals surface area contributed by atoms with E-state index in [9.17, 15) is 26.4 Å². The Labute approximate surface area is 156 Å². The fourth-order valence-corrected chi connectivity index (χ4v) is 2.96. The van der Waals surface area contributed by atoms with Crippen LogP contribution in [0.4, 0.5) is 13.2 Å². The van der Waals surface area contributed by atoms with Gasteiger partial charge in [0.2, 0.25) is 0 Å². The van der Waals surface area contributed by atoms with Crippen LogP contribution in [-0.2, 0) is 15.4 Å². The predicted molar refractivity (Wildman–Crippen MR) is 91.1 cm³/mol. The van der Waals surface area contributed by atoms with Gasteiger partial charge in [-0.1, -0.05) is 46.3 Å². The Kier molecular flexibility index (Phi) is 5.97. The number of hydrogen-bond donors (Lipinski definition) is 0. The number of halogens is 4. The van der Waals surface area contributed by atoms with Crippen LogP contribution in [0.3, 0.4) is 0 Å². The molecule has 2 rings (SSSR count). The first-order valence-electron chi connectivity index (χ1n) is 6.98. The van der Waals surface area contributed by atoms with Crippen molar-refractivity contribution >= 4 is 31.8 Å². The van der Waals surface area contributed by atoms with Crippen LogP contribution >= 0.6 is 15.9 Å². The molecule has 0 N–H and O–H groups in total. The number of alkyl halides is 4. The fraction of sp³-hybridized carbons (Fsp3) is 0.188. The molecule has 0 radical (unpaired) electrons. The van der Waals surface area contributed by atoms with Gasteiger partial charge in [-0.2, -0.15) is 21.6 Å². The maximum absolute atomic E-state index is 12.7. The third kappa shape index (κ3) is 4.18. The van der Waals surface area contributed by atoms with Crippen molar-refractivity contribution in [2.75, 3.05) is 7.11 Å². The normalized spacial score (nSPS) is 11.9. The molecule has 2 aromatic rings. The second-order valence-corrected chi connectivity index (χ2v) is 7.07. The lowest BCUT2D eigenvalue weighted by atomic mass is 10.0. The molecule has 0 saturated heterocycles. The SMILES string of the molecule is COc1cc(C(=O)c2ccccc2)c(OS(=O)(=O)C(F)(F)F)cc1CBr. The average Bonchev–Trinajstić information content (AvgIpc) is 2.60. The molecule has 10 heteroatoms. The Morgan fingerprint density at radius 3 is 2.23 bits per heavy atom. The second-order valence-electron chi connectivity index (χ2n) is 4.97. The highest BCUT2D eigenvalue weighted by Gasteiger charge is 2.49. The topological polar surface area (TPSA) is 69.7 Å². The molecule has 0 saturated carbocycles. The van der Waals surface area contributed by atoms with Gasteiger partial charge in [-0.25, -0.2) is 0 Å². The van der Waals surface area contributed by atoms with E-state index in [1.807, 2.05) is 0 Å². The van der Waals surface area contributed by atoms with Crippen molar-refractivity contribution in [3.8, 4) is 11.5 Å². The third-order valence-electron chi connectivity index (χ3n) is 3.29. The van der Waals surface area contributed by atoms with Gasteiger partial charge in [0.25, 0.3) is 0 Å². The molecule has 0 aromatic heterocycles. The molecule has 5 nitrogen and oxygen atoms in total. The standard InChI is InChI=1S/C16H12BrF3O5S/c1-24-13-8-12(15(21)10-5-3-2-4-6-10)14(7-11(13)9-17)25-26(22,23)16(18,19)20/h2-8H,9H2,1H3. The summed E-state index contributed by atoms with van der Waals surface area (Å²) in [6.45, 7) is 0. The molecular weight excluding hydrogens is 441 g/mol. The maximum atomic E-state index is 12.7. The minimum Gasteiger partial charge on any atom is -0.496 e. The Hall–Kier alpha value is -2.07. The smallest absolute Gasteiger partial charge is 0.496 e. The lowest BCUT2D eigenvalue weighted by molar-refractivity contribution is -0.0500. The zero-order valence-corrected chi connectivity index (χ0v) is 15.6. The van der Waals surface area contributed by atoms with Gasteiger partial charge in [-0.3, -0.25) is 4.79 Å². The van der Waals surface area contributed by atoms with Crippen LogP contribution in [0.15, 0.2) is 42.5 Å². The first kappa shape index (κ1) is 20.2. The van der Waals surface area contributed by atoms with Gasteiger partial charge in [-0.15, -0.1) is 0 Å². The zero-order chi connectivity index (χ0) is 19.5. The Morgan fingerprint density at radius 2 is 1.73 bits per heavy atom. The maximum Gasteiger partial charge on any atom is 0.534 e. The number of rotatable bonds is 6. The average molecular weight is 453 g/mol. The van der Waals surface area contributed by atoms with E-state index in [-0.39, 0.29) is 22.2 Å². The van der Waals surface area contributed by atoms with Gasteiger partial charge in [-0.05, 0) is 12.1 Å². The van der Waals surface area contributed by atoms with Crippen LogP contribution in [-0.4, -0.2) is 26.8 Å². The summed E-state index contributed by atoms with van der Waals surface area (Å²) in [5, 5.41) is 0.137. The summed E-state index contributed by atoms with van der Waals surface area (Å²) < 4.78 is 70.1. The Bertz CT molecular complexity index is 911. The second kappa shape index (κ2) is 7.67. The van der Waals surface area contributed by atoms with Crippen molar-refractivity contribution in [3.05, 3.63) is 59.2 Å². The molecule has 0 heterocycles. The van der Waals surface area contributed by atoms with E-state index in [1.54, 1.807) is 18.2 Å². The lowest BCUT2D eigenvalue weighted by Gasteiger charge is -2.15. The van der Waals surface area contributed by atoms with Gasteiger partial charge < -0.3 is 8.92 Å². The number of ether oxygens (including phenoxy) is 1. The van der Waals surface area contributed by atoms with Gasteiger partial charge >= 0.3 is 15.6 Å². The first-order valence-corrected chi connectivity index (χ1v) is 9.51. The molecule has 140 valence electrons. The van der Waals surface area contributed by atoms with Crippen molar-refractivity contribution < 1.29 is 35.3 Å². The van der Waals surface area contributed by atoms with E-state index in [0.717, 1.165) is 12.1 Å². The van der Waals surface area contributed by atoms with Gasteiger partial charge in [0, 0.05) is 16.5 Å². The summed E-state index contributed by atoms with van der Waals surface area (Å²) in [5.74, 6) is -1.25. The molecule has 0 bridgehead atoms. The van der Waals surface area contributed by atoms with Crippen molar-refractivity contribution in [3.63, 3.8) is 0 Å². The van der Waals surface area contributed by atoms with Crippen molar-refractivity contribution in [1.82, 2.24) is 0 Å². The van der Waals surface area contributed by atoms with Crippen molar-refractivity contribution in [1.29, 1.82) is 0 Å². The summed E-state index contributed by atoms with van der Waals surface area (Å²) in [6, 6.07) is 9.82. The predicted octanol–water partition coefficient (Wildman–Crippen LogP) is 4.05. The number of benzene rings is 2.